The van der Waals surface area contributed by atoms with Crippen LogP contribution in [0.1, 0.15) is 43.6 Å². The Balaban J connectivity index is 2.16. The van der Waals surface area contributed by atoms with Crippen molar-refractivity contribution in [3.8, 4) is 0 Å². The molecule has 18 heavy (non-hydrogen) atoms. The molecule has 0 radical (unpaired) electrons. The van der Waals surface area contributed by atoms with Crippen molar-refractivity contribution in [1.29, 1.82) is 0 Å². The van der Waals surface area contributed by atoms with Gasteiger partial charge in [-0.15, -0.1) is 6.58 Å². The molecule has 0 fully saturated rings. The normalized spacial score (nSPS) is 17.6. The smallest absolute Gasteiger partial charge is 0.226 e. The molecular formula is C16H20O2. The zero-order valence-electron chi connectivity index (χ0n) is 10.9. The van der Waals surface area contributed by atoms with Gasteiger partial charge in [-0.05, 0) is 24.5 Å². The molecule has 1 aliphatic rings. The maximum absolute atomic E-state index is 5.90. The second kappa shape index (κ2) is 6.41. The van der Waals surface area contributed by atoms with Crippen LogP contribution in [-0.2, 0) is 9.47 Å². The lowest BCUT2D eigenvalue weighted by molar-refractivity contribution is -0.122. The summed E-state index contributed by atoms with van der Waals surface area (Å²) in [5.74, 6) is 1.01. The molecule has 0 saturated heterocycles. The molecule has 0 aliphatic carbocycles. The Hall–Kier alpha value is -1.54. The van der Waals surface area contributed by atoms with Crippen molar-refractivity contribution >= 4 is 6.08 Å². The van der Waals surface area contributed by atoms with Crippen LogP contribution in [0, 0.1) is 0 Å². The van der Waals surface area contributed by atoms with E-state index in [1.54, 1.807) is 0 Å². The Morgan fingerprint density at radius 3 is 3.00 bits per heavy atom. The summed E-state index contributed by atoms with van der Waals surface area (Å²) < 4.78 is 11.7. The van der Waals surface area contributed by atoms with Crippen LogP contribution >= 0.6 is 0 Å². The molecule has 1 unspecified atom stereocenters. The van der Waals surface area contributed by atoms with E-state index in [0.29, 0.717) is 6.61 Å². The number of rotatable bonds is 6. The molecule has 1 aliphatic heterocycles. The number of benzene rings is 1. The molecular weight excluding hydrogens is 224 g/mol. The van der Waals surface area contributed by atoms with Gasteiger partial charge in [-0.3, -0.25) is 0 Å². The Bertz CT molecular complexity index is 434. The van der Waals surface area contributed by atoms with Crippen LogP contribution in [-0.4, -0.2) is 6.61 Å². The second-order valence-electron chi connectivity index (χ2n) is 4.39. The van der Waals surface area contributed by atoms with Crippen molar-refractivity contribution in [2.24, 2.45) is 0 Å². The van der Waals surface area contributed by atoms with Gasteiger partial charge in [0.2, 0.25) is 6.29 Å². The number of ether oxygens (including phenoxy) is 2. The lowest BCUT2D eigenvalue weighted by Gasteiger charge is -2.27. The molecule has 1 aromatic carbocycles. The Morgan fingerprint density at radius 1 is 1.39 bits per heavy atom. The van der Waals surface area contributed by atoms with Crippen molar-refractivity contribution in [3.05, 3.63) is 53.8 Å². The fourth-order valence-electron chi connectivity index (χ4n) is 2.03. The highest BCUT2D eigenvalue weighted by Gasteiger charge is 2.21. The van der Waals surface area contributed by atoms with Gasteiger partial charge in [0.1, 0.15) is 5.76 Å². The predicted molar refractivity (Wildman–Crippen MR) is 73.9 cm³/mol. The molecule has 2 nitrogen and oxygen atoms in total. The molecule has 0 aromatic heterocycles. The van der Waals surface area contributed by atoms with Gasteiger partial charge in [0, 0.05) is 12.0 Å². The van der Waals surface area contributed by atoms with Gasteiger partial charge in [-0.2, -0.15) is 0 Å². The lowest BCUT2D eigenvalue weighted by Crippen LogP contribution is -2.14. The van der Waals surface area contributed by atoms with Crippen molar-refractivity contribution in [3.63, 3.8) is 0 Å². The summed E-state index contributed by atoms with van der Waals surface area (Å²) in [5, 5.41) is 0. The molecule has 1 atom stereocenters. The zero-order valence-corrected chi connectivity index (χ0v) is 10.9. The number of hydrogen-bond acceptors (Lipinski definition) is 2. The summed E-state index contributed by atoms with van der Waals surface area (Å²) in [6.07, 6.45) is 6.58. The highest BCUT2D eigenvalue weighted by atomic mass is 16.7. The van der Waals surface area contributed by atoms with E-state index in [2.05, 4.69) is 31.7 Å². The summed E-state index contributed by atoms with van der Waals surface area (Å²) in [7, 11) is 0. The Kier molecular flexibility index (Phi) is 4.59. The third kappa shape index (κ3) is 3.02. The molecule has 0 amide bonds. The van der Waals surface area contributed by atoms with Gasteiger partial charge < -0.3 is 9.47 Å². The van der Waals surface area contributed by atoms with Gasteiger partial charge in [0.15, 0.2) is 0 Å². The molecule has 2 heteroatoms. The number of fused-ring (bicyclic) bond motifs is 1. The summed E-state index contributed by atoms with van der Waals surface area (Å²) in [6.45, 7) is 6.49. The van der Waals surface area contributed by atoms with Crippen LogP contribution in [0.25, 0.3) is 6.08 Å². The molecule has 1 aromatic rings. The fourth-order valence-corrected chi connectivity index (χ4v) is 2.03. The quantitative estimate of drug-likeness (QED) is 0.543. The third-order valence-corrected chi connectivity index (χ3v) is 2.91. The SMILES string of the molecule is C=CCCOC1OC(CCC)=Cc2ccccc21. The van der Waals surface area contributed by atoms with E-state index in [1.165, 1.54) is 5.56 Å². The minimum atomic E-state index is -0.271. The Labute approximate surface area is 109 Å². The van der Waals surface area contributed by atoms with Crippen LogP contribution in [0.5, 0.6) is 0 Å². The van der Waals surface area contributed by atoms with E-state index >= 15 is 0 Å². The Morgan fingerprint density at radius 2 is 2.22 bits per heavy atom. The van der Waals surface area contributed by atoms with Gasteiger partial charge in [0.25, 0.3) is 0 Å². The zero-order chi connectivity index (χ0) is 12.8. The third-order valence-electron chi connectivity index (χ3n) is 2.91. The second-order valence-corrected chi connectivity index (χ2v) is 4.39. The van der Waals surface area contributed by atoms with E-state index in [-0.39, 0.29) is 6.29 Å². The predicted octanol–water partition coefficient (Wildman–Crippen LogP) is 4.45. The molecule has 1 heterocycles. The van der Waals surface area contributed by atoms with Crippen LogP contribution in [0.2, 0.25) is 0 Å². The van der Waals surface area contributed by atoms with Gasteiger partial charge in [-0.1, -0.05) is 37.3 Å². The summed E-state index contributed by atoms with van der Waals surface area (Å²) in [6, 6.07) is 8.24. The van der Waals surface area contributed by atoms with E-state index in [1.807, 2.05) is 18.2 Å². The minimum Gasteiger partial charge on any atom is -0.465 e. The molecule has 0 spiro atoms. The molecule has 96 valence electrons. The van der Waals surface area contributed by atoms with E-state index < -0.39 is 0 Å². The maximum atomic E-state index is 5.90. The van der Waals surface area contributed by atoms with Crippen LogP contribution in [0.3, 0.4) is 0 Å². The molecule has 0 N–H and O–H groups in total. The first-order valence-corrected chi connectivity index (χ1v) is 6.53. The van der Waals surface area contributed by atoms with Crippen LogP contribution < -0.4 is 0 Å². The van der Waals surface area contributed by atoms with Gasteiger partial charge >= 0.3 is 0 Å². The van der Waals surface area contributed by atoms with E-state index in [9.17, 15) is 0 Å². The summed E-state index contributed by atoms with van der Waals surface area (Å²) in [4.78, 5) is 0. The first-order valence-electron chi connectivity index (χ1n) is 6.53. The van der Waals surface area contributed by atoms with Crippen molar-refractivity contribution < 1.29 is 9.47 Å². The maximum Gasteiger partial charge on any atom is 0.226 e. The van der Waals surface area contributed by atoms with Gasteiger partial charge in [0.05, 0.1) is 6.61 Å². The van der Waals surface area contributed by atoms with Crippen molar-refractivity contribution in [2.45, 2.75) is 32.5 Å². The topological polar surface area (TPSA) is 18.5 Å². The average molecular weight is 244 g/mol. The fraction of sp³-hybridized carbons (Fsp3) is 0.375. The lowest BCUT2D eigenvalue weighted by atomic mass is 10.0. The molecule has 0 bridgehead atoms. The largest absolute Gasteiger partial charge is 0.465 e. The van der Waals surface area contributed by atoms with Gasteiger partial charge in [-0.25, -0.2) is 0 Å². The first kappa shape index (κ1) is 12.9. The van der Waals surface area contributed by atoms with E-state index in [4.69, 9.17) is 9.47 Å². The summed E-state index contributed by atoms with van der Waals surface area (Å²) in [5.41, 5.74) is 2.32. The average Bonchev–Trinajstić information content (AvgIpc) is 2.39. The highest BCUT2D eigenvalue weighted by molar-refractivity contribution is 5.57. The highest BCUT2D eigenvalue weighted by Crippen LogP contribution is 2.33. The van der Waals surface area contributed by atoms with Crippen molar-refractivity contribution in [2.75, 3.05) is 6.61 Å². The number of hydrogen-bond donors (Lipinski definition) is 0. The first-order chi connectivity index (χ1) is 8.85. The standard InChI is InChI=1S/C16H20O2/c1-3-5-11-17-16-15-10-7-6-9-13(15)12-14(18-16)8-4-2/h3,6-7,9-10,12,16H,1,4-5,8,11H2,2H3. The molecule has 0 saturated carbocycles. The van der Waals surface area contributed by atoms with Crippen molar-refractivity contribution in [1.82, 2.24) is 0 Å². The van der Waals surface area contributed by atoms with E-state index in [0.717, 1.165) is 30.6 Å². The number of allylic oxidation sites excluding steroid dienone is 1. The summed E-state index contributed by atoms with van der Waals surface area (Å²) >= 11 is 0. The monoisotopic (exact) mass is 244 g/mol. The minimum absolute atomic E-state index is 0.271. The molecule has 2 rings (SSSR count). The van der Waals surface area contributed by atoms with Crippen LogP contribution in [0.15, 0.2) is 42.7 Å². The van der Waals surface area contributed by atoms with Crippen LogP contribution in [0.4, 0.5) is 0 Å².